The number of aliphatic hydroxyl groups is 2. The van der Waals surface area contributed by atoms with Gasteiger partial charge in [-0.05, 0) is 25.7 Å². The Morgan fingerprint density at radius 1 is 1.32 bits per heavy atom. The minimum absolute atomic E-state index is 0. The first-order valence-corrected chi connectivity index (χ1v) is 11.1. The second-order valence-corrected chi connectivity index (χ2v) is 8.46. The summed E-state index contributed by atoms with van der Waals surface area (Å²) in [6.45, 7) is 2.69. The number of aliphatic imine (C=N–C) groups is 1. The Hall–Kier alpha value is -0.130. The summed E-state index contributed by atoms with van der Waals surface area (Å²) in [4.78, 5) is 16.9. The van der Waals surface area contributed by atoms with Crippen molar-refractivity contribution in [1.29, 1.82) is 0 Å². The summed E-state index contributed by atoms with van der Waals surface area (Å²) in [5, 5.41) is 19.4. The van der Waals surface area contributed by atoms with Gasteiger partial charge in [0, 0.05) is 6.42 Å². The second-order valence-electron chi connectivity index (χ2n) is 7.01. The molecule has 28 heavy (non-hydrogen) atoms. The smallest absolute Gasteiger partial charge is 0.748 e. The number of aliphatic hydroxyl groups excluding tert-OH is 2. The molecule has 0 spiro atoms. The van der Waals surface area contributed by atoms with Gasteiger partial charge in [-0.15, -0.1) is 0 Å². The van der Waals surface area contributed by atoms with E-state index in [1.54, 1.807) is 0 Å². The Bertz CT molecular complexity index is 638. The SMILES string of the molecule is CCC/C=C/CCCCC(=O)C1=NCC[N+]1(CCO)CC(O)CS(=O)(=O)[O-].[Na+]. The average molecular weight is 428 g/mol. The summed E-state index contributed by atoms with van der Waals surface area (Å²) in [5.41, 5.74) is 0. The Kier molecular flexibility index (Phi) is 13.9. The molecule has 0 amide bonds. The number of quaternary nitrogens is 1. The van der Waals surface area contributed by atoms with Gasteiger partial charge in [0.05, 0.1) is 29.0 Å². The van der Waals surface area contributed by atoms with Crippen LogP contribution in [0.4, 0.5) is 0 Å². The number of Topliss-reactive ketones (excluding diaryl/α,β-unsaturated/α-hetero) is 1. The number of hydrogen-bond acceptors (Lipinski definition) is 7. The first-order valence-electron chi connectivity index (χ1n) is 9.56. The van der Waals surface area contributed by atoms with Crippen molar-refractivity contribution < 1.29 is 62.0 Å². The van der Waals surface area contributed by atoms with Crippen LogP contribution in [0.2, 0.25) is 0 Å². The molecule has 1 heterocycles. The zero-order valence-electron chi connectivity index (χ0n) is 17.0. The monoisotopic (exact) mass is 427 g/mol. The largest absolute Gasteiger partial charge is 1.00 e. The van der Waals surface area contributed by atoms with E-state index in [4.69, 9.17) is 0 Å². The maximum Gasteiger partial charge on any atom is 1.00 e. The minimum atomic E-state index is -4.58. The van der Waals surface area contributed by atoms with Crippen LogP contribution in [0.1, 0.15) is 45.4 Å². The molecule has 0 saturated carbocycles. The second kappa shape index (κ2) is 14.0. The molecule has 0 fully saturated rings. The van der Waals surface area contributed by atoms with E-state index < -0.39 is 22.0 Å². The molecule has 0 saturated heterocycles. The predicted molar refractivity (Wildman–Crippen MR) is 102 cm³/mol. The van der Waals surface area contributed by atoms with Crippen molar-refractivity contribution in [2.45, 2.75) is 51.6 Å². The summed E-state index contributed by atoms with van der Waals surface area (Å²) >= 11 is 0. The Balaban J connectivity index is 0.00000729. The number of hydrogen-bond donors (Lipinski definition) is 2. The van der Waals surface area contributed by atoms with Crippen molar-refractivity contribution >= 4 is 21.7 Å². The average Bonchev–Trinajstić information content (AvgIpc) is 2.95. The maximum absolute atomic E-state index is 12.6. The standard InChI is InChI=1S/C18H32N2O6S.Na/c1-2-3-4-5-6-7-8-9-17(23)18-19-10-11-20(18,12-13-21)14-16(22)15-27(24,25)26;/h4-5,16,21-22H,2-3,6-15H2,1H3;/q;+1/b5-4+;. The van der Waals surface area contributed by atoms with E-state index in [0.29, 0.717) is 25.9 Å². The molecular weight excluding hydrogens is 395 g/mol. The fourth-order valence-corrected chi connectivity index (χ4v) is 3.96. The van der Waals surface area contributed by atoms with Gasteiger partial charge in [-0.3, -0.25) is 9.28 Å². The molecule has 0 bridgehead atoms. The van der Waals surface area contributed by atoms with Crippen LogP contribution in [-0.4, -0.2) is 83.9 Å². The van der Waals surface area contributed by atoms with E-state index in [-0.39, 0.29) is 65.4 Å². The summed E-state index contributed by atoms with van der Waals surface area (Å²) in [6.07, 6.45) is 7.85. The molecule has 8 nitrogen and oxygen atoms in total. The van der Waals surface area contributed by atoms with Crippen molar-refractivity contribution in [3.63, 3.8) is 0 Å². The number of unbranched alkanes of at least 4 members (excludes halogenated alkanes) is 3. The van der Waals surface area contributed by atoms with Crippen LogP contribution in [-0.2, 0) is 14.9 Å². The van der Waals surface area contributed by atoms with Crippen molar-refractivity contribution in [2.24, 2.45) is 4.99 Å². The molecule has 0 aliphatic carbocycles. The Morgan fingerprint density at radius 3 is 2.61 bits per heavy atom. The normalized spacial score (nSPS) is 20.8. The minimum Gasteiger partial charge on any atom is -0.748 e. The molecule has 156 valence electrons. The molecule has 1 aliphatic heterocycles. The number of rotatable bonds is 14. The van der Waals surface area contributed by atoms with Gasteiger partial charge in [-0.1, -0.05) is 25.5 Å². The number of allylic oxidation sites excluding steroid dienone is 2. The van der Waals surface area contributed by atoms with Gasteiger partial charge in [0.15, 0.2) is 0 Å². The first-order chi connectivity index (χ1) is 12.7. The van der Waals surface area contributed by atoms with Gasteiger partial charge in [0.2, 0.25) is 5.78 Å². The predicted octanol–water partition coefficient (Wildman–Crippen LogP) is -2.40. The number of carbonyl (C=O) groups is 1. The summed E-state index contributed by atoms with van der Waals surface area (Å²) < 4.78 is 32.6. The van der Waals surface area contributed by atoms with E-state index in [0.717, 1.165) is 25.7 Å². The molecule has 10 heteroatoms. The zero-order valence-corrected chi connectivity index (χ0v) is 19.9. The molecule has 2 N–H and O–H groups in total. The third kappa shape index (κ3) is 10.1. The van der Waals surface area contributed by atoms with Crippen LogP contribution >= 0.6 is 0 Å². The fraction of sp³-hybridized carbons (Fsp3) is 0.778. The van der Waals surface area contributed by atoms with Crippen molar-refractivity contribution in [2.75, 3.05) is 38.5 Å². The third-order valence-electron chi connectivity index (χ3n) is 4.62. The van der Waals surface area contributed by atoms with Crippen LogP contribution < -0.4 is 29.6 Å². The summed E-state index contributed by atoms with van der Waals surface area (Å²) in [7, 11) is -4.58. The van der Waals surface area contributed by atoms with E-state index in [2.05, 4.69) is 24.1 Å². The van der Waals surface area contributed by atoms with Gasteiger partial charge in [-0.25, -0.2) is 13.4 Å². The van der Waals surface area contributed by atoms with E-state index in [9.17, 15) is 28.0 Å². The topological polar surface area (TPSA) is 127 Å². The van der Waals surface area contributed by atoms with Gasteiger partial charge in [0.25, 0.3) is 5.84 Å². The zero-order chi connectivity index (χ0) is 20.3. The third-order valence-corrected chi connectivity index (χ3v) is 5.41. The molecular formula is C18H32N2NaO6S+. The van der Waals surface area contributed by atoms with Gasteiger partial charge in [-0.2, -0.15) is 0 Å². The number of nitrogens with zero attached hydrogens (tertiary/aromatic N) is 2. The molecule has 0 radical (unpaired) electrons. The molecule has 2 unspecified atom stereocenters. The van der Waals surface area contributed by atoms with E-state index in [1.807, 2.05) is 0 Å². The maximum atomic E-state index is 12.6. The fourth-order valence-electron chi connectivity index (χ4n) is 3.39. The molecule has 1 rings (SSSR count). The van der Waals surface area contributed by atoms with Crippen molar-refractivity contribution in [3.05, 3.63) is 12.2 Å². The number of amidine groups is 1. The van der Waals surface area contributed by atoms with Crippen molar-refractivity contribution in [3.8, 4) is 0 Å². The van der Waals surface area contributed by atoms with Gasteiger partial charge >= 0.3 is 29.6 Å². The van der Waals surface area contributed by atoms with Gasteiger partial charge in [0.1, 0.15) is 25.7 Å². The van der Waals surface area contributed by atoms with E-state index in [1.165, 1.54) is 0 Å². The van der Waals surface area contributed by atoms with Crippen LogP contribution in [0.15, 0.2) is 17.1 Å². The van der Waals surface area contributed by atoms with Gasteiger partial charge < -0.3 is 14.8 Å². The molecule has 0 aromatic rings. The van der Waals surface area contributed by atoms with Crippen LogP contribution in [0, 0.1) is 0 Å². The quantitative estimate of drug-likeness (QED) is 0.105. The van der Waals surface area contributed by atoms with Crippen molar-refractivity contribution in [1.82, 2.24) is 0 Å². The molecule has 0 aromatic carbocycles. The number of ketones is 1. The summed E-state index contributed by atoms with van der Waals surface area (Å²) in [6, 6.07) is 0. The van der Waals surface area contributed by atoms with E-state index >= 15 is 0 Å². The number of carbonyl (C=O) groups excluding carboxylic acids is 1. The molecule has 1 aliphatic rings. The van der Waals surface area contributed by atoms with Crippen LogP contribution in [0.25, 0.3) is 0 Å². The first kappa shape index (κ1) is 27.9. The Labute approximate surface area is 190 Å². The van der Waals surface area contributed by atoms with Crippen LogP contribution in [0.5, 0.6) is 0 Å². The molecule has 2 atom stereocenters. The molecule has 0 aromatic heterocycles. The Morgan fingerprint density at radius 2 is 2.00 bits per heavy atom. The summed E-state index contributed by atoms with van der Waals surface area (Å²) in [5.74, 6) is -0.784. The van der Waals surface area contributed by atoms with Crippen LogP contribution in [0.3, 0.4) is 0 Å².